The largest absolute Gasteiger partial charge is 0.460 e. The van der Waals surface area contributed by atoms with E-state index in [9.17, 15) is 4.79 Å². The lowest BCUT2D eigenvalue weighted by Crippen LogP contribution is -2.36. The molecule has 0 bridgehead atoms. The van der Waals surface area contributed by atoms with E-state index in [1.54, 1.807) is 17.0 Å². The summed E-state index contributed by atoms with van der Waals surface area (Å²) in [4.78, 5) is 27.8. The summed E-state index contributed by atoms with van der Waals surface area (Å²) in [6.45, 7) is 8.14. The molecule has 0 aliphatic carbocycles. The molecule has 3 aromatic heterocycles. The Bertz CT molecular complexity index is 1370. The Labute approximate surface area is 215 Å². The molecule has 11 heteroatoms. The van der Waals surface area contributed by atoms with Gasteiger partial charge in [-0.05, 0) is 37.4 Å². The van der Waals surface area contributed by atoms with Crippen molar-refractivity contribution in [3.05, 3.63) is 54.2 Å². The van der Waals surface area contributed by atoms with E-state index in [4.69, 9.17) is 14.7 Å². The van der Waals surface area contributed by atoms with Crippen LogP contribution in [0.1, 0.15) is 50.7 Å². The lowest BCUT2D eigenvalue weighted by Gasteiger charge is -2.28. The highest BCUT2D eigenvalue weighted by Crippen LogP contribution is 2.27. The average Bonchev–Trinajstić information content (AvgIpc) is 3.54. The third-order valence-electron chi connectivity index (χ3n) is 6.56. The number of fused-ring (bicyclic) bond motifs is 1. The number of hydrogen-bond donors (Lipinski definition) is 2. The summed E-state index contributed by atoms with van der Waals surface area (Å²) >= 11 is 0. The summed E-state index contributed by atoms with van der Waals surface area (Å²) < 4.78 is 9.88. The van der Waals surface area contributed by atoms with E-state index in [0.717, 1.165) is 48.4 Å². The van der Waals surface area contributed by atoms with E-state index >= 15 is 0 Å². The van der Waals surface area contributed by atoms with Crippen molar-refractivity contribution >= 4 is 23.2 Å². The summed E-state index contributed by atoms with van der Waals surface area (Å²) in [5.74, 6) is 0.650. The SMILES string of the molecule is CC(=O)Nc1cccc(CNc2nc(OC3CCN(C)CC3)nc3c(C(C)C)cnn23)c1-n1ccnc1. The molecule has 0 spiro atoms. The van der Waals surface area contributed by atoms with Crippen LogP contribution in [0.3, 0.4) is 0 Å². The van der Waals surface area contributed by atoms with Crippen molar-refractivity contribution in [1.29, 1.82) is 0 Å². The van der Waals surface area contributed by atoms with E-state index in [-0.39, 0.29) is 17.9 Å². The van der Waals surface area contributed by atoms with Crippen LogP contribution in [0.15, 0.2) is 43.1 Å². The van der Waals surface area contributed by atoms with Gasteiger partial charge in [0.2, 0.25) is 11.9 Å². The van der Waals surface area contributed by atoms with E-state index in [1.165, 1.54) is 6.92 Å². The molecule has 1 amide bonds. The van der Waals surface area contributed by atoms with Gasteiger partial charge in [0.05, 0.1) is 23.9 Å². The number of imidazole rings is 1. The molecule has 4 aromatic rings. The van der Waals surface area contributed by atoms with Crippen molar-refractivity contribution in [3.63, 3.8) is 0 Å². The Morgan fingerprint density at radius 3 is 2.73 bits per heavy atom. The van der Waals surface area contributed by atoms with Crippen LogP contribution in [0.25, 0.3) is 11.3 Å². The fourth-order valence-corrected chi connectivity index (χ4v) is 4.60. The van der Waals surface area contributed by atoms with Gasteiger partial charge in [-0.25, -0.2) is 4.98 Å². The molecular weight excluding hydrogens is 470 g/mol. The minimum atomic E-state index is -0.141. The highest BCUT2D eigenvalue weighted by atomic mass is 16.5. The van der Waals surface area contributed by atoms with E-state index in [2.05, 4.69) is 46.5 Å². The van der Waals surface area contributed by atoms with Crippen LogP contribution in [-0.2, 0) is 11.3 Å². The first-order valence-electron chi connectivity index (χ1n) is 12.6. The Morgan fingerprint density at radius 1 is 1.22 bits per heavy atom. The molecule has 1 aliphatic heterocycles. The molecular formula is C26H33N9O2. The number of rotatable bonds is 8. The minimum Gasteiger partial charge on any atom is -0.460 e. The number of likely N-dealkylation sites (tertiary alicyclic amines) is 1. The first-order valence-corrected chi connectivity index (χ1v) is 12.6. The predicted octanol–water partition coefficient (Wildman–Crippen LogP) is 3.48. The zero-order valence-electron chi connectivity index (χ0n) is 21.7. The summed E-state index contributed by atoms with van der Waals surface area (Å²) in [5.41, 5.74) is 4.25. The van der Waals surface area contributed by atoms with E-state index in [1.807, 2.05) is 35.2 Å². The molecule has 5 rings (SSSR count). The van der Waals surface area contributed by atoms with Gasteiger partial charge in [-0.1, -0.05) is 26.0 Å². The first kappa shape index (κ1) is 24.7. The van der Waals surface area contributed by atoms with Crippen LogP contribution < -0.4 is 15.4 Å². The second-order valence-corrected chi connectivity index (χ2v) is 9.76. The third-order valence-corrected chi connectivity index (χ3v) is 6.56. The molecule has 1 aliphatic rings. The van der Waals surface area contributed by atoms with Crippen molar-refractivity contribution in [1.82, 2.24) is 34.0 Å². The number of carbonyl (C=O) groups is 1. The smallest absolute Gasteiger partial charge is 0.322 e. The molecule has 37 heavy (non-hydrogen) atoms. The number of para-hydroxylation sites is 1. The molecule has 194 valence electrons. The van der Waals surface area contributed by atoms with Crippen LogP contribution in [0.2, 0.25) is 0 Å². The molecule has 0 saturated carbocycles. The van der Waals surface area contributed by atoms with E-state index < -0.39 is 0 Å². The zero-order valence-corrected chi connectivity index (χ0v) is 21.7. The number of nitrogens with zero attached hydrogens (tertiary/aromatic N) is 7. The first-order chi connectivity index (χ1) is 17.9. The van der Waals surface area contributed by atoms with Crippen LogP contribution in [-0.4, -0.2) is 66.2 Å². The van der Waals surface area contributed by atoms with Crippen LogP contribution in [0, 0.1) is 0 Å². The van der Waals surface area contributed by atoms with Gasteiger partial charge in [0, 0.05) is 44.5 Å². The van der Waals surface area contributed by atoms with Gasteiger partial charge in [0.15, 0.2) is 5.65 Å². The molecule has 1 fully saturated rings. The standard InChI is InChI=1S/C26H33N9O2/c1-17(2)21-15-29-35-24(21)31-26(37-20-8-11-33(4)12-9-20)32-25(35)28-14-19-6-5-7-22(30-18(3)36)23(19)34-13-10-27-16-34/h5-7,10,13,15-17,20H,8-9,11-12,14H2,1-4H3,(H,30,36)(H,28,31,32). The maximum Gasteiger partial charge on any atom is 0.322 e. The number of carbonyl (C=O) groups excluding carboxylic acids is 1. The molecule has 0 radical (unpaired) electrons. The van der Waals surface area contributed by atoms with Crippen molar-refractivity contribution in [2.45, 2.75) is 52.2 Å². The Hall–Kier alpha value is -3.99. The maximum absolute atomic E-state index is 11.9. The topological polar surface area (TPSA) is 114 Å². The number of hydrogen-bond acceptors (Lipinski definition) is 8. The molecule has 1 aromatic carbocycles. The van der Waals surface area contributed by atoms with Crippen molar-refractivity contribution in [2.24, 2.45) is 0 Å². The van der Waals surface area contributed by atoms with Gasteiger partial charge in [0.1, 0.15) is 6.10 Å². The summed E-state index contributed by atoms with van der Waals surface area (Å²) in [7, 11) is 2.13. The van der Waals surface area contributed by atoms with Gasteiger partial charge < -0.3 is 24.8 Å². The lowest BCUT2D eigenvalue weighted by atomic mass is 10.1. The van der Waals surface area contributed by atoms with Gasteiger partial charge in [-0.3, -0.25) is 4.79 Å². The lowest BCUT2D eigenvalue weighted by molar-refractivity contribution is -0.114. The summed E-state index contributed by atoms with van der Waals surface area (Å²) in [6.07, 6.45) is 9.07. The number of benzene rings is 1. The summed E-state index contributed by atoms with van der Waals surface area (Å²) in [5, 5.41) is 10.9. The summed E-state index contributed by atoms with van der Waals surface area (Å²) in [6, 6.07) is 6.15. The monoisotopic (exact) mass is 503 g/mol. The molecule has 4 heterocycles. The second kappa shape index (κ2) is 10.6. The number of anilines is 2. The predicted molar refractivity (Wildman–Crippen MR) is 141 cm³/mol. The Kier molecular flexibility index (Phi) is 7.04. The quantitative estimate of drug-likeness (QED) is 0.376. The number of aromatic nitrogens is 6. The van der Waals surface area contributed by atoms with Gasteiger partial charge >= 0.3 is 6.01 Å². The highest BCUT2D eigenvalue weighted by molar-refractivity contribution is 5.91. The Morgan fingerprint density at radius 2 is 2.03 bits per heavy atom. The van der Waals surface area contributed by atoms with Crippen molar-refractivity contribution < 1.29 is 9.53 Å². The number of nitrogens with one attached hydrogen (secondary N) is 2. The number of piperidine rings is 1. The van der Waals surface area contributed by atoms with Gasteiger partial charge in [-0.15, -0.1) is 0 Å². The zero-order chi connectivity index (χ0) is 25.9. The van der Waals surface area contributed by atoms with E-state index in [0.29, 0.717) is 24.2 Å². The Balaban J connectivity index is 1.48. The maximum atomic E-state index is 11.9. The van der Waals surface area contributed by atoms with Crippen molar-refractivity contribution in [2.75, 3.05) is 30.8 Å². The fraction of sp³-hybridized carbons (Fsp3) is 0.423. The minimum absolute atomic E-state index is 0.0825. The van der Waals surface area contributed by atoms with Crippen molar-refractivity contribution in [3.8, 4) is 11.7 Å². The third kappa shape index (κ3) is 5.41. The van der Waals surface area contributed by atoms with Gasteiger partial charge in [-0.2, -0.15) is 19.6 Å². The molecule has 1 saturated heterocycles. The molecule has 0 unspecified atom stereocenters. The molecule has 0 atom stereocenters. The van der Waals surface area contributed by atoms with Crippen LogP contribution >= 0.6 is 0 Å². The number of amides is 1. The van der Waals surface area contributed by atoms with Crippen LogP contribution in [0.5, 0.6) is 6.01 Å². The van der Waals surface area contributed by atoms with Gasteiger partial charge in [0.25, 0.3) is 0 Å². The number of ether oxygens (including phenoxy) is 1. The van der Waals surface area contributed by atoms with Crippen LogP contribution in [0.4, 0.5) is 11.6 Å². The average molecular weight is 504 g/mol. The fourth-order valence-electron chi connectivity index (χ4n) is 4.60. The molecule has 11 nitrogen and oxygen atoms in total. The highest BCUT2D eigenvalue weighted by Gasteiger charge is 2.22. The second-order valence-electron chi connectivity index (χ2n) is 9.76. The normalized spacial score (nSPS) is 14.8. The molecule has 2 N–H and O–H groups in total.